The van der Waals surface area contributed by atoms with Gasteiger partial charge in [-0.2, -0.15) is 52.7 Å². The van der Waals surface area contributed by atoms with Crippen LogP contribution in [0.1, 0.15) is 74.2 Å². The molecular formula is C40H40F12N6O2. The number of nitrogens with zero attached hydrogens (tertiary/aromatic N) is 2. The second-order valence-corrected chi connectivity index (χ2v) is 14.6. The van der Waals surface area contributed by atoms with Crippen LogP contribution < -0.4 is 21.3 Å². The van der Waals surface area contributed by atoms with Crippen molar-refractivity contribution in [1.82, 2.24) is 20.6 Å². The van der Waals surface area contributed by atoms with Crippen LogP contribution in [0.2, 0.25) is 0 Å². The van der Waals surface area contributed by atoms with Crippen LogP contribution in [0.15, 0.2) is 72.8 Å². The Labute approximate surface area is 336 Å². The Kier molecular flexibility index (Phi) is 14.8. The summed E-state index contributed by atoms with van der Waals surface area (Å²) in [5.41, 5.74) is -5.58. The summed E-state index contributed by atoms with van der Waals surface area (Å²) >= 11 is 0. The number of pyridine rings is 2. The molecule has 60 heavy (non-hydrogen) atoms. The zero-order valence-electron chi connectivity index (χ0n) is 32.3. The molecule has 0 aliphatic rings. The Bertz CT molecular complexity index is 1900. The number of nitrogens with one attached hydrogen (secondary N) is 4. The number of alkyl halides is 12. The van der Waals surface area contributed by atoms with Gasteiger partial charge in [-0.25, -0.2) is 9.59 Å². The van der Waals surface area contributed by atoms with E-state index in [0.29, 0.717) is 72.7 Å². The molecule has 0 spiro atoms. The van der Waals surface area contributed by atoms with E-state index in [2.05, 4.69) is 31.2 Å². The summed E-state index contributed by atoms with van der Waals surface area (Å²) in [6, 6.07) is 8.68. The van der Waals surface area contributed by atoms with Gasteiger partial charge >= 0.3 is 36.8 Å². The predicted octanol–water partition coefficient (Wildman–Crippen LogP) is 11.8. The van der Waals surface area contributed by atoms with Crippen molar-refractivity contribution in [3.8, 4) is 11.4 Å². The summed E-state index contributed by atoms with van der Waals surface area (Å²) in [5.74, 6) is -0.412. The minimum Gasteiger partial charge on any atom is -0.335 e. The molecule has 0 radical (unpaired) electrons. The van der Waals surface area contributed by atoms with Gasteiger partial charge in [0.05, 0.1) is 33.6 Å². The first-order valence-electron chi connectivity index (χ1n) is 18.3. The largest absolute Gasteiger partial charge is 0.416 e. The topological polar surface area (TPSA) is 108 Å². The van der Waals surface area contributed by atoms with Gasteiger partial charge in [0.15, 0.2) is 0 Å². The Balaban J connectivity index is 1.39. The van der Waals surface area contributed by atoms with Crippen molar-refractivity contribution in [2.45, 2.75) is 90.2 Å². The van der Waals surface area contributed by atoms with Crippen molar-refractivity contribution < 1.29 is 62.3 Å². The molecule has 4 amide bonds. The zero-order valence-corrected chi connectivity index (χ0v) is 32.3. The molecule has 2 aromatic heterocycles. The fourth-order valence-corrected chi connectivity index (χ4v) is 6.00. The molecule has 0 aliphatic heterocycles. The average molecular weight is 865 g/mol. The van der Waals surface area contributed by atoms with E-state index in [1.165, 1.54) is 0 Å². The highest BCUT2D eigenvalue weighted by Crippen LogP contribution is 2.39. The molecule has 0 saturated heterocycles. The summed E-state index contributed by atoms with van der Waals surface area (Å²) in [6.07, 6.45) is -19.2. The van der Waals surface area contributed by atoms with E-state index >= 15 is 0 Å². The predicted molar refractivity (Wildman–Crippen MR) is 199 cm³/mol. The number of rotatable bonds is 13. The van der Waals surface area contributed by atoms with Crippen LogP contribution in [-0.4, -0.2) is 34.1 Å². The van der Waals surface area contributed by atoms with Gasteiger partial charge in [0.2, 0.25) is 0 Å². The second kappa shape index (κ2) is 18.8. The number of carbonyl (C=O) groups is 2. The third kappa shape index (κ3) is 13.8. The third-order valence-electron chi connectivity index (χ3n) is 9.23. The number of halogens is 12. The zero-order chi connectivity index (χ0) is 44.8. The lowest BCUT2D eigenvalue weighted by atomic mass is 9.98. The van der Waals surface area contributed by atoms with Gasteiger partial charge in [-0.1, -0.05) is 39.8 Å². The lowest BCUT2D eigenvalue weighted by Gasteiger charge is -2.23. The molecule has 2 aromatic carbocycles. The van der Waals surface area contributed by atoms with Gasteiger partial charge in [0.1, 0.15) is 0 Å². The standard InChI is InChI=1S/C40H40F12N6O2/c1-21(2)31(57-35(59)55-29-17-23(37(41,42)43)15-24(18-29)38(44,45)46)13-11-27-7-5-9-33(53-27)34-10-6-8-28(54-34)12-14-32(22(3)4)58-36(60)56-30-19-25(39(47,48)49)16-26(20-30)40(50,51)52/h5-10,15-22,31-32H,11-14H2,1-4H3,(H2,55,57,59)(H2,56,58,60)/t31-,32-/m1/s1. The SMILES string of the molecule is CC(C)[C@@H](CCc1cccc(-c2cccc(CC[C@@H](NC(=O)Nc3cc(C(F)(F)F)cc(C(F)(F)F)c3)C(C)C)n2)n1)NC(=O)Nc1cc(C(F)(F)F)cc(C(F)(F)F)c1. The fraction of sp³-hybridized carbons (Fsp3) is 0.400. The number of benzene rings is 2. The molecule has 0 unspecified atom stereocenters. The molecule has 0 aliphatic carbocycles. The van der Waals surface area contributed by atoms with Crippen LogP contribution in [0.25, 0.3) is 11.4 Å². The molecule has 2 atom stereocenters. The van der Waals surface area contributed by atoms with Crippen molar-refractivity contribution >= 4 is 23.4 Å². The van der Waals surface area contributed by atoms with Crippen molar-refractivity contribution in [2.24, 2.45) is 11.8 Å². The van der Waals surface area contributed by atoms with Crippen molar-refractivity contribution in [2.75, 3.05) is 10.6 Å². The first-order valence-corrected chi connectivity index (χ1v) is 18.3. The van der Waals surface area contributed by atoms with Crippen molar-refractivity contribution in [3.05, 3.63) is 106 Å². The van der Waals surface area contributed by atoms with Crippen LogP contribution in [0.3, 0.4) is 0 Å². The number of hydrogen-bond donors (Lipinski definition) is 4. The fourth-order valence-electron chi connectivity index (χ4n) is 6.00. The van der Waals surface area contributed by atoms with Crippen LogP contribution >= 0.6 is 0 Å². The summed E-state index contributed by atoms with van der Waals surface area (Å²) in [5, 5.41) is 9.37. The minimum atomic E-state index is -5.09. The third-order valence-corrected chi connectivity index (χ3v) is 9.23. The number of hydrogen-bond acceptors (Lipinski definition) is 4. The molecule has 20 heteroatoms. The van der Waals surface area contributed by atoms with Gasteiger partial charge in [-0.3, -0.25) is 9.97 Å². The van der Waals surface area contributed by atoms with Gasteiger partial charge < -0.3 is 21.3 Å². The van der Waals surface area contributed by atoms with Crippen molar-refractivity contribution in [3.63, 3.8) is 0 Å². The summed E-state index contributed by atoms with van der Waals surface area (Å²) in [6.45, 7) is 7.08. The lowest BCUT2D eigenvalue weighted by molar-refractivity contribution is -0.144. The Hall–Kier alpha value is -5.56. The Morgan fingerprint density at radius 1 is 0.500 bits per heavy atom. The Morgan fingerprint density at radius 2 is 0.800 bits per heavy atom. The maximum absolute atomic E-state index is 13.3. The van der Waals surface area contributed by atoms with E-state index < -0.39 is 82.5 Å². The van der Waals surface area contributed by atoms with E-state index in [9.17, 15) is 62.3 Å². The van der Waals surface area contributed by atoms with E-state index in [0.717, 1.165) is 0 Å². The Morgan fingerprint density at radius 3 is 1.07 bits per heavy atom. The second-order valence-electron chi connectivity index (χ2n) is 14.6. The van der Waals surface area contributed by atoms with E-state index in [4.69, 9.17) is 0 Å². The minimum absolute atomic E-state index is 0.0432. The molecule has 2 heterocycles. The van der Waals surface area contributed by atoms with E-state index in [1.54, 1.807) is 64.1 Å². The summed E-state index contributed by atoms with van der Waals surface area (Å²) < 4.78 is 159. The number of aryl methyl sites for hydroxylation is 2. The number of carbonyl (C=O) groups excluding carboxylic acids is 2. The van der Waals surface area contributed by atoms with Gasteiger partial charge in [-0.05, 0) is 98.2 Å². The van der Waals surface area contributed by atoms with E-state index in [-0.39, 0.29) is 24.0 Å². The highest BCUT2D eigenvalue weighted by Gasteiger charge is 2.38. The van der Waals surface area contributed by atoms with Crippen molar-refractivity contribution in [1.29, 1.82) is 0 Å². The maximum atomic E-state index is 13.3. The first-order chi connectivity index (χ1) is 27.7. The summed E-state index contributed by atoms with van der Waals surface area (Å²) in [4.78, 5) is 34.9. The molecule has 4 aromatic rings. The van der Waals surface area contributed by atoms with Gasteiger partial charge in [-0.15, -0.1) is 0 Å². The average Bonchev–Trinajstić information content (AvgIpc) is 3.13. The molecule has 0 saturated carbocycles. The molecule has 0 bridgehead atoms. The normalized spacial score (nSPS) is 13.6. The molecule has 326 valence electrons. The molecule has 4 rings (SSSR count). The first kappa shape index (κ1) is 47.1. The number of anilines is 2. The smallest absolute Gasteiger partial charge is 0.335 e. The number of urea groups is 2. The van der Waals surface area contributed by atoms with Gasteiger partial charge in [0.25, 0.3) is 0 Å². The molecular weight excluding hydrogens is 824 g/mol. The monoisotopic (exact) mass is 864 g/mol. The van der Waals surface area contributed by atoms with Gasteiger partial charge in [0, 0.05) is 34.8 Å². The highest BCUT2D eigenvalue weighted by atomic mass is 19.4. The number of amides is 4. The molecule has 8 nitrogen and oxygen atoms in total. The maximum Gasteiger partial charge on any atom is 0.416 e. The quantitative estimate of drug-likeness (QED) is 0.100. The molecule has 4 N–H and O–H groups in total. The van der Waals surface area contributed by atoms with Crippen LogP contribution in [0.4, 0.5) is 73.6 Å². The number of aromatic nitrogens is 2. The van der Waals surface area contributed by atoms with Crippen LogP contribution in [0, 0.1) is 11.8 Å². The van der Waals surface area contributed by atoms with Crippen LogP contribution in [-0.2, 0) is 37.5 Å². The van der Waals surface area contributed by atoms with Crippen LogP contribution in [0.5, 0.6) is 0 Å². The highest BCUT2D eigenvalue weighted by molar-refractivity contribution is 5.90. The molecule has 0 fully saturated rings. The summed E-state index contributed by atoms with van der Waals surface area (Å²) in [7, 11) is 0. The van der Waals surface area contributed by atoms with E-state index in [1.807, 2.05) is 0 Å². The lowest BCUT2D eigenvalue weighted by Crippen LogP contribution is -2.41.